The van der Waals surface area contributed by atoms with Gasteiger partial charge in [0.15, 0.2) is 0 Å². The zero-order chi connectivity index (χ0) is 19.8. The summed E-state index contributed by atoms with van der Waals surface area (Å²) < 4.78 is 28.2. The Kier molecular flexibility index (Phi) is 5.18. The Morgan fingerprint density at radius 2 is 1.96 bits per heavy atom. The molecule has 0 aliphatic rings. The zero-order valence-corrected chi connectivity index (χ0v) is 17.0. The number of aryl methyl sites for hydroxylation is 3. The molecule has 2 heterocycles. The van der Waals surface area contributed by atoms with Crippen LogP contribution >= 0.6 is 11.3 Å². The predicted molar refractivity (Wildman–Crippen MR) is 107 cm³/mol. The minimum atomic E-state index is -3.60. The number of carbonyl (C=O) groups excluding carboxylic acids is 1. The summed E-state index contributed by atoms with van der Waals surface area (Å²) in [5, 5.41) is 5.66. The number of hydrogen-bond donors (Lipinski definition) is 2. The lowest BCUT2D eigenvalue weighted by Crippen LogP contribution is -2.20. The molecular weight excluding hydrogens is 384 g/mol. The normalized spacial score (nSPS) is 11.6. The van der Waals surface area contributed by atoms with Crippen molar-refractivity contribution in [3.05, 3.63) is 52.1 Å². The van der Waals surface area contributed by atoms with Crippen LogP contribution in [-0.2, 0) is 17.1 Å². The smallest absolute Gasteiger partial charge is 0.272 e. The fourth-order valence-corrected chi connectivity index (χ4v) is 4.31. The molecule has 27 heavy (non-hydrogen) atoms. The van der Waals surface area contributed by atoms with E-state index in [1.165, 1.54) is 13.1 Å². The predicted octanol–water partition coefficient (Wildman–Crippen LogP) is 2.93. The van der Waals surface area contributed by atoms with Crippen molar-refractivity contribution in [3.63, 3.8) is 0 Å². The molecule has 0 aliphatic carbocycles. The maximum atomic E-state index is 12.7. The number of amides is 1. The number of aromatic nitrogens is 2. The number of thiazole rings is 1. The summed E-state index contributed by atoms with van der Waals surface area (Å²) in [7, 11) is -0.469. The van der Waals surface area contributed by atoms with E-state index in [1.807, 2.05) is 18.5 Å². The highest BCUT2D eigenvalue weighted by atomic mass is 32.2. The summed E-state index contributed by atoms with van der Waals surface area (Å²) >= 11 is 1.55. The Labute approximate surface area is 162 Å². The average molecular weight is 405 g/mol. The van der Waals surface area contributed by atoms with Gasteiger partial charge in [-0.2, -0.15) is 0 Å². The van der Waals surface area contributed by atoms with Crippen molar-refractivity contribution in [2.75, 3.05) is 12.4 Å². The van der Waals surface area contributed by atoms with Gasteiger partial charge in [0.1, 0.15) is 5.69 Å². The average Bonchev–Trinajstić information content (AvgIpc) is 3.22. The molecule has 0 saturated carbocycles. The third-order valence-electron chi connectivity index (χ3n) is 4.16. The lowest BCUT2D eigenvalue weighted by Gasteiger charge is -2.10. The summed E-state index contributed by atoms with van der Waals surface area (Å²) in [6, 6.07) is 6.56. The molecule has 0 aliphatic heterocycles. The molecule has 2 aromatic heterocycles. The third-order valence-corrected chi connectivity index (χ3v) is 6.49. The quantitative estimate of drug-likeness (QED) is 0.684. The number of hydrogen-bond acceptors (Lipinski definition) is 5. The summed E-state index contributed by atoms with van der Waals surface area (Å²) in [5.41, 5.74) is 3.14. The van der Waals surface area contributed by atoms with Crippen LogP contribution in [-0.4, -0.2) is 30.9 Å². The molecule has 0 atom stereocenters. The molecule has 142 valence electrons. The highest BCUT2D eigenvalue weighted by Gasteiger charge is 2.18. The van der Waals surface area contributed by atoms with E-state index in [0.717, 1.165) is 16.3 Å². The first-order chi connectivity index (χ1) is 12.7. The minimum Gasteiger partial charge on any atom is -0.346 e. The molecule has 0 saturated heterocycles. The van der Waals surface area contributed by atoms with Crippen molar-refractivity contribution < 1.29 is 13.2 Å². The van der Waals surface area contributed by atoms with E-state index in [-0.39, 0.29) is 10.8 Å². The van der Waals surface area contributed by atoms with Gasteiger partial charge in [-0.1, -0.05) is 6.07 Å². The monoisotopic (exact) mass is 404 g/mol. The summed E-state index contributed by atoms with van der Waals surface area (Å²) in [5.74, 6) is -0.327. The van der Waals surface area contributed by atoms with Gasteiger partial charge in [-0.3, -0.25) is 4.79 Å². The Morgan fingerprint density at radius 3 is 2.59 bits per heavy atom. The lowest BCUT2D eigenvalue weighted by molar-refractivity contribution is 0.101. The summed E-state index contributed by atoms with van der Waals surface area (Å²) in [4.78, 5) is 17.3. The molecule has 3 rings (SSSR count). The first kappa shape index (κ1) is 19.3. The molecule has 0 bridgehead atoms. The number of benzene rings is 1. The van der Waals surface area contributed by atoms with Gasteiger partial charge >= 0.3 is 0 Å². The molecule has 0 fully saturated rings. The van der Waals surface area contributed by atoms with Gasteiger partial charge in [0.05, 0.1) is 15.6 Å². The number of nitrogens with one attached hydrogen (secondary N) is 2. The van der Waals surface area contributed by atoms with Crippen LogP contribution in [0.5, 0.6) is 0 Å². The van der Waals surface area contributed by atoms with E-state index in [0.29, 0.717) is 16.9 Å². The highest BCUT2D eigenvalue weighted by Crippen LogP contribution is 2.25. The largest absolute Gasteiger partial charge is 0.346 e. The zero-order valence-electron chi connectivity index (χ0n) is 15.4. The topological polar surface area (TPSA) is 93.1 Å². The van der Waals surface area contributed by atoms with Gasteiger partial charge in [0.2, 0.25) is 10.0 Å². The van der Waals surface area contributed by atoms with Crippen LogP contribution in [0.15, 0.2) is 40.7 Å². The molecule has 0 spiro atoms. The second-order valence-electron chi connectivity index (χ2n) is 6.12. The number of nitrogens with zero attached hydrogens (tertiary/aromatic N) is 2. The Balaban J connectivity index is 1.88. The van der Waals surface area contributed by atoms with E-state index >= 15 is 0 Å². The number of anilines is 1. The molecule has 1 aromatic carbocycles. The molecule has 7 nitrogen and oxygen atoms in total. The van der Waals surface area contributed by atoms with Crippen LogP contribution in [0.2, 0.25) is 0 Å². The van der Waals surface area contributed by atoms with Crippen molar-refractivity contribution in [1.82, 2.24) is 14.3 Å². The molecule has 3 aromatic rings. The number of carbonyl (C=O) groups is 1. The van der Waals surface area contributed by atoms with Gasteiger partial charge in [-0.05, 0) is 44.7 Å². The fraction of sp³-hybridized carbons (Fsp3) is 0.222. The SMILES string of the molecule is CNS(=O)(=O)c1cc(NC(=O)c2cc(-c3csc(C)n3)cn2C)ccc1C. The molecule has 1 amide bonds. The van der Waals surface area contributed by atoms with Crippen LogP contribution in [0.25, 0.3) is 11.3 Å². The standard InChI is InChI=1S/C18H20N4O3S2/c1-11-5-6-14(8-17(11)27(24,25)19-3)21-18(23)16-7-13(9-22(16)4)15-10-26-12(2)20-15/h5-10,19H,1-4H3,(H,21,23). The molecule has 0 radical (unpaired) electrons. The molecule has 9 heteroatoms. The molecule has 2 N–H and O–H groups in total. The van der Waals surface area contributed by atoms with Crippen molar-refractivity contribution in [1.29, 1.82) is 0 Å². The molecule has 0 unspecified atom stereocenters. The number of sulfonamides is 1. The van der Waals surface area contributed by atoms with E-state index in [2.05, 4.69) is 15.0 Å². The second kappa shape index (κ2) is 7.26. The van der Waals surface area contributed by atoms with E-state index in [1.54, 1.807) is 48.1 Å². The van der Waals surface area contributed by atoms with E-state index < -0.39 is 10.0 Å². The maximum Gasteiger partial charge on any atom is 0.272 e. The van der Waals surface area contributed by atoms with Gasteiger partial charge < -0.3 is 9.88 Å². The second-order valence-corrected chi connectivity index (χ2v) is 9.04. The van der Waals surface area contributed by atoms with Gasteiger partial charge in [-0.15, -0.1) is 11.3 Å². The maximum absolute atomic E-state index is 12.7. The highest BCUT2D eigenvalue weighted by molar-refractivity contribution is 7.89. The van der Waals surface area contributed by atoms with E-state index in [9.17, 15) is 13.2 Å². The molecular formula is C18H20N4O3S2. The lowest BCUT2D eigenvalue weighted by atomic mass is 10.2. The first-order valence-corrected chi connectivity index (χ1v) is 10.5. The van der Waals surface area contributed by atoms with Gasteiger partial charge in [-0.25, -0.2) is 18.1 Å². The van der Waals surface area contributed by atoms with Crippen molar-refractivity contribution in [2.24, 2.45) is 7.05 Å². The Hall–Kier alpha value is -2.49. The summed E-state index contributed by atoms with van der Waals surface area (Å²) in [6.07, 6.45) is 1.84. The van der Waals surface area contributed by atoms with Crippen LogP contribution in [0.3, 0.4) is 0 Å². The first-order valence-electron chi connectivity index (χ1n) is 8.15. The van der Waals surface area contributed by atoms with Crippen LogP contribution in [0.1, 0.15) is 21.1 Å². The van der Waals surface area contributed by atoms with Crippen LogP contribution in [0.4, 0.5) is 5.69 Å². The Bertz CT molecular complexity index is 1110. The van der Waals surface area contributed by atoms with Crippen molar-refractivity contribution in [3.8, 4) is 11.3 Å². The van der Waals surface area contributed by atoms with Crippen LogP contribution in [0, 0.1) is 13.8 Å². The minimum absolute atomic E-state index is 0.133. The van der Waals surface area contributed by atoms with Gasteiger partial charge in [0.25, 0.3) is 5.91 Å². The van der Waals surface area contributed by atoms with Gasteiger partial charge in [0, 0.05) is 29.9 Å². The third kappa shape index (κ3) is 3.95. The van der Waals surface area contributed by atoms with Crippen molar-refractivity contribution >= 4 is 33.0 Å². The van der Waals surface area contributed by atoms with Crippen molar-refractivity contribution in [2.45, 2.75) is 18.7 Å². The van der Waals surface area contributed by atoms with E-state index in [4.69, 9.17) is 0 Å². The summed E-state index contributed by atoms with van der Waals surface area (Å²) in [6.45, 7) is 3.63. The fourth-order valence-electron chi connectivity index (χ4n) is 2.70. The van der Waals surface area contributed by atoms with Crippen LogP contribution < -0.4 is 10.0 Å². The Morgan fingerprint density at radius 1 is 1.22 bits per heavy atom. The number of rotatable bonds is 5.